The van der Waals surface area contributed by atoms with E-state index < -0.39 is 0 Å². The lowest BCUT2D eigenvalue weighted by atomic mass is 10.1. The second-order valence-electron chi connectivity index (χ2n) is 3.28. The van der Waals surface area contributed by atoms with Crippen molar-refractivity contribution in [3.63, 3.8) is 0 Å². The van der Waals surface area contributed by atoms with E-state index in [-0.39, 0.29) is 5.50 Å². The summed E-state index contributed by atoms with van der Waals surface area (Å²) in [6.45, 7) is 4.58. The molecule has 0 saturated carbocycles. The number of carbonyl (C=O) groups excluding carboxylic acids is 1. The van der Waals surface area contributed by atoms with Crippen molar-refractivity contribution in [2.75, 3.05) is 19.8 Å². The van der Waals surface area contributed by atoms with Gasteiger partial charge in [0.15, 0.2) is 6.29 Å². The van der Waals surface area contributed by atoms with E-state index in [2.05, 4.69) is 10.3 Å². The minimum Gasteiger partial charge on any atom is -0.349 e. The number of nitrogens with zero attached hydrogens (tertiary/aromatic N) is 2. The topological polar surface area (TPSA) is 44.7 Å². The van der Waals surface area contributed by atoms with Crippen molar-refractivity contribution in [2.24, 2.45) is 4.99 Å². The lowest BCUT2D eigenvalue weighted by Crippen LogP contribution is -2.49. The molecule has 15 heavy (non-hydrogen) atoms. The van der Waals surface area contributed by atoms with Crippen molar-refractivity contribution in [3.05, 3.63) is 11.3 Å². The molecule has 1 aliphatic heterocycles. The molecule has 4 nitrogen and oxygen atoms in total. The number of thioether (sulfide) groups is 1. The molecule has 1 rings (SSSR count). The van der Waals surface area contributed by atoms with E-state index in [9.17, 15) is 4.79 Å². The molecule has 1 unspecified atom stereocenters. The second-order valence-corrected chi connectivity index (χ2v) is 4.20. The van der Waals surface area contributed by atoms with Crippen molar-refractivity contribution in [1.29, 1.82) is 0 Å². The smallest absolute Gasteiger partial charge is 0.155 e. The molecular formula is C10H17N3OS. The van der Waals surface area contributed by atoms with Crippen LogP contribution in [0, 0.1) is 0 Å². The van der Waals surface area contributed by atoms with Gasteiger partial charge in [0.2, 0.25) is 0 Å². The maximum atomic E-state index is 11.0. The summed E-state index contributed by atoms with van der Waals surface area (Å²) >= 11 is 1.68. The quantitative estimate of drug-likeness (QED) is 0.732. The third-order valence-corrected chi connectivity index (χ3v) is 3.32. The Kier molecular flexibility index (Phi) is 4.20. The van der Waals surface area contributed by atoms with Crippen LogP contribution in [0.2, 0.25) is 0 Å². The number of aliphatic imine (C=N–C) groups is 1. The first-order chi connectivity index (χ1) is 7.15. The Morgan fingerprint density at radius 1 is 1.67 bits per heavy atom. The first-order valence-corrected chi connectivity index (χ1v) is 6.17. The molecule has 1 aliphatic rings. The van der Waals surface area contributed by atoms with Gasteiger partial charge in [-0.1, -0.05) is 0 Å². The van der Waals surface area contributed by atoms with Gasteiger partial charge < -0.3 is 10.2 Å². The van der Waals surface area contributed by atoms with Crippen LogP contribution in [0.25, 0.3) is 0 Å². The minimum atomic E-state index is 0.152. The normalized spacial score (nSPS) is 24.4. The van der Waals surface area contributed by atoms with Gasteiger partial charge in [-0.25, -0.2) is 0 Å². The molecule has 1 atom stereocenters. The molecule has 0 bridgehead atoms. The monoisotopic (exact) mass is 227 g/mol. The van der Waals surface area contributed by atoms with Crippen LogP contribution < -0.4 is 5.32 Å². The number of rotatable bonds is 3. The second kappa shape index (κ2) is 5.21. The summed E-state index contributed by atoms with van der Waals surface area (Å²) in [6.07, 6.45) is 2.89. The number of amidine groups is 1. The van der Waals surface area contributed by atoms with E-state index in [0.717, 1.165) is 12.0 Å². The number of aldehydes is 1. The first-order valence-electron chi connectivity index (χ1n) is 4.88. The summed E-state index contributed by atoms with van der Waals surface area (Å²) in [4.78, 5) is 17.3. The number of allylic oxidation sites excluding steroid dienone is 1. The zero-order valence-corrected chi connectivity index (χ0v) is 10.4. The van der Waals surface area contributed by atoms with Crippen molar-refractivity contribution >= 4 is 23.9 Å². The van der Waals surface area contributed by atoms with Crippen molar-refractivity contribution in [2.45, 2.75) is 19.3 Å². The van der Waals surface area contributed by atoms with Crippen LogP contribution >= 0.6 is 11.8 Å². The maximum absolute atomic E-state index is 11.0. The molecule has 1 heterocycles. The lowest BCUT2D eigenvalue weighted by Gasteiger charge is -2.36. The van der Waals surface area contributed by atoms with Gasteiger partial charge in [-0.2, -0.15) is 0 Å². The van der Waals surface area contributed by atoms with E-state index in [1.54, 1.807) is 11.8 Å². The van der Waals surface area contributed by atoms with Gasteiger partial charge in [0.25, 0.3) is 0 Å². The number of hydrogen-bond acceptors (Lipinski definition) is 4. The highest BCUT2D eigenvalue weighted by Gasteiger charge is 2.25. The Labute approximate surface area is 94.8 Å². The van der Waals surface area contributed by atoms with Crippen LogP contribution in [-0.2, 0) is 4.79 Å². The van der Waals surface area contributed by atoms with Crippen molar-refractivity contribution < 1.29 is 4.79 Å². The van der Waals surface area contributed by atoms with Crippen LogP contribution in [0.3, 0.4) is 0 Å². The third-order valence-electron chi connectivity index (χ3n) is 2.44. The summed E-state index contributed by atoms with van der Waals surface area (Å²) in [5.74, 6) is 0.711. The van der Waals surface area contributed by atoms with Crippen LogP contribution in [0.4, 0.5) is 0 Å². The molecule has 1 N–H and O–H groups in total. The highest BCUT2D eigenvalue weighted by Crippen LogP contribution is 2.21. The highest BCUT2D eigenvalue weighted by molar-refractivity contribution is 7.99. The Bertz CT molecular complexity index is 312. The number of nitrogens with one attached hydrogen (secondary N) is 1. The predicted octanol–water partition coefficient (Wildman–Crippen LogP) is 1.06. The zero-order chi connectivity index (χ0) is 11.4. The average molecular weight is 227 g/mol. The highest BCUT2D eigenvalue weighted by atomic mass is 32.2. The van der Waals surface area contributed by atoms with E-state index in [1.807, 2.05) is 32.1 Å². The molecule has 0 radical (unpaired) electrons. The van der Waals surface area contributed by atoms with E-state index >= 15 is 0 Å². The fourth-order valence-corrected chi connectivity index (χ4v) is 2.18. The summed E-state index contributed by atoms with van der Waals surface area (Å²) in [6, 6.07) is 0. The van der Waals surface area contributed by atoms with Crippen LogP contribution in [0.1, 0.15) is 13.8 Å². The van der Waals surface area contributed by atoms with Crippen molar-refractivity contribution in [3.8, 4) is 0 Å². The average Bonchev–Trinajstić information content (AvgIpc) is 2.24. The Hall–Kier alpha value is -0.970. The zero-order valence-electron chi connectivity index (χ0n) is 9.57. The van der Waals surface area contributed by atoms with Gasteiger partial charge in [-0.15, -0.1) is 11.8 Å². The molecule has 0 saturated heterocycles. The van der Waals surface area contributed by atoms with E-state index in [0.29, 0.717) is 18.0 Å². The molecule has 0 fully saturated rings. The Morgan fingerprint density at radius 3 is 2.80 bits per heavy atom. The summed E-state index contributed by atoms with van der Waals surface area (Å²) in [5.41, 5.74) is 1.78. The van der Waals surface area contributed by atoms with Gasteiger partial charge >= 0.3 is 0 Å². The Balaban J connectivity index is 3.11. The summed E-state index contributed by atoms with van der Waals surface area (Å²) in [5, 5.41) is 3.24. The molecule has 5 heteroatoms. The maximum Gasteiger partial charge on any atom is 0.155 e. The predicted molar refractivity (Wildman–Crippen MR) is 64.9 cm³/mol. The van der Waals surface area contributed by atoms with E-state index in [4.69, 9.17) is 0 Å². The van der Waals surface area contributed by atoms with Crippen LogP contribution in [-0.4, -0.2) is 42.4 Å². The largest absolute Gasteiger partial charge is 0.349 e. The van der Waals surface area contributed by atoms with Gasteiger partial charge in [0.05, 0.1) is 5.57 Å². The molecule has 0 aromatic rings. The fraction of sp³-hybridized carbons (Fsp3) is 0.600. The van der Waals surface area contributed by atoms with Gasteiger partial charge in [0.1, 0.15) is 11.3 Å². The molecule has 0 aliphatic carbocycles. The third kappa shape index (κ3) is 2.34. The SMILES string of the molecule is CCN=C1NC(SC)N(C)C(C)=C1C=O. The molecule has 0 spiro atoms. The molecular weight excluding hydrogens is 210 g/mol. The Morgan fingerprint density at radius 2 is 2.33 bits per heavy atom. The van der Waals surface area contributed by atoms with Gasteiger partial charge in [-0.05, 0) is 20.1 Å². The van der Waals surface area contributed by atoms with Gasteiger partial charge in [-0.3, -0.25) is 9.79 Å². The number of carbonyl (C=O) groups is 1. The first kappa shape index (κ1) is 12.1. The van der Waals surface area contributed by atoms with Crippen LogP contribution in [0.15, 0.2) is 16.3 Å². The fourth-order valence-electron chi connectivity index (χ4n) is 1.48. The van der Waals surface area contributed by atoms with Gasteiger partial charge in [0, 0.05) is 19.3 Å². The van der Waals surface area contributed by atoms with E-state index in [1.165, 1.54) is 0 Å². The lowest BCUT2D eigenvalue weighted by molar-refractivity contribution is -0.104. The molecule has 0 aromatic carbocycles. The molecule has 84 valence electrons. The summed E-state index contributed by atoms with van der Waals surface area (Å²) in [7, 11) is 1.97. The van der Waals surface area contributed by atoms with Crippen LogP contribution in [0.5, 0.6) is 0 Å². The molecule has 0 aromatic heterocycles. The van der Waals surface area contributed by atoms with Crippen molar-refractivity contribution in [1.82, 2.24) is 10.2 Å². The standard InChI is InChI=1S/C10H17N3OS/c1-5-11-9-8(6-14)7(2)13(3)10(12-9)15-4/h6,10H,5H2,1-4H3,(H,11,12). The molecule has 0 amide bonds. The minimum absolute atomic E-state index is 0.152. The number of hydrogen-bond donors (Lipinski definition) is 1. The summed E-state index contributed by atoms with van der Waals surface area (Å²) < 4.78 is 0.